The third-order valence-corrected chi connectivity index (χ3v) is 4.18. The molecular formula is C16H17BrN2. The first kappa shape index (κ1) is 12.5. The lowest BCUT2D eigenvalue weighted by molar-refractivity contribution is 0.668. The van der Waals surface area contributed by atoms with Gasteiger partial charge >= 0.3 is 0 Å². The first-order valence-corrected chi connectivity index (χ1v) is 7.40. The van der Waals surface area contributed by atoms with Crippen molar-refractivity contribution >= 4 is 27.3 Å². The molecule has 1 unspecified atom stereocenters. The van der Waals surface area contributed by atoms with Gasteiger partial charge in [-0.15, -0.1) is 0 Å². The monoisotopic (exact) mass is 316 g/mol. The molecule has 0 saturated heterocycles. The molecule has 2 aromatic carbocycles. The number of nitrogens with zero attached hydrogens (tertiary/aromatic N) is 1. The molecule has 0 spiro atoms. The molecule has 0 amide bonds. The minimum absolute atomic E-state index is 0.392. The number of halogens is 1. The van der Waals surface area contributed by atoms with Gasteiger partial charge in [-0.25, -0.2) is 0 Å². The molecule has 1 aliphatic rings. The summed E-state index contributed by atoms with van der Waals surface area (Å²) >= 11 is 3.53. The summed E-state index contributed by atoms with van der Waals surface area (Å²) < 4.78 is 1.12. The fraction of sp³-hybridized carbons (Fsp3) is 0.250. The molecule has 3 rings (SSSR count). The van der Waals surface area contributed by atoms with E-state index >= 15 is 0 Å². The van der Waals surface area contributed by atoms with E-state index in [9.17, 15) is 0 Å². The summed E-state index contributed by atoms with van der Waals surface area (Å²) in [6.45, 7) is 4.29. The Morgan fingerprint density at radius 1 is 1.16 bits per heavy atom. The van der Waals surface area contributed by atoms with Crippen LogP contribution in [-0.4, -0.2) is 13.1 Å². The van der Waals surface area contributed by atoms with Crippen LogP contribution < -0.4 is 10.2 Å². The molecule has 0 saturated carbocycles. The van der Waals surface area contributed by atoms with Crippen molar-refractivity contribution in [2.45, 2.75) is 13.0 Å². The SMILES string of the molecule is CC(c1ccccc1)N1CCNc2cc(Br)ccc21. The summed E-state index contributed by atoms with van der Waals surface area (Å²) in [5, 5.41) is 3.47. The highest BCUT2D eigenvalue weighted by atomic mass is 79.9. The molecule has 0 fully saturated rings. The molecule has 0 radical (unpaired) electrons. The van der Waals surface area contributed by atoms with Gasteiger partial charge in [-0.1, -0.05) is 46.3 Å². The molecule has 1 N–H and O–H groups in total. The van der Waals surface area contributed by atoms with Gasteiger partial charge < -0.3 is 10.2 Å². The van der Waals surface area contributed by atoms with Crippen LogP contribution in [0.25, 0.3) is 0 Å². The van der Waals surface area contributed by atoms with E-state index in [2.05, 4.69) is 81.6 Å². The van der Waals surface area contributed by atoms with Crippen LogP contribution in [-0.2, 0) is 0 Å². The van der Waals surface area contributed by atoms with Crippen LogP contribution in [0, 0.1) is 0 Å². The van der Waals surface area contributed by atoms with Crippen LogP contribution in [0.15, 0.2) is 53.0 Å². The fourth-order valence-corrected chi connectivity index (χ4v) is 3.01. The summed E-state index contributed by atoms with van der Waals surface area (Å²) in [7, 11) is 0. The Morgan fingerprint density at radius 3 is 2.74 bits per heavy atom. The standard InChI is InChI=1S/C16H17BrN2/c1-12(13-5-3-2-4-6-13)19-10-9-18-15-11-14(17)7-8-16(15)19/h2-8,11-12,18H,9-10H2,1H3. The molecule has 2 nitrogen and oxygen atoms in total. The molecule has 0 aromatic heterocycles. The highest BCUT2D eigenvalue weighted by molar-refractivity contribution is 9.10. The maximum atomic E-state index is 3.53. The van der Waals surface area contributed by atoms with Gasteiger partial charge in [0.25, 0.3) is 0 Å². The van der Waals surface area contributed by atoms with E-state index in [0.717, 1.165) is 17.6 Å². The lowest BCUT2D eigenvalue weighted by Gasteiger charge is -2.37. The quantitative estimate of drug-likeness (QED) is 0.881. The highest BCUT2D eigenvalue weighted by Gasteiger charge is 2.22. The Morgan fingerprint density at radius 2 is 1.95 bits per heavy atom. The predicted molar refractivity (Wildman–Crippen MR) is 84.8 cm³/mol. The lowest BCUT2D eigenvalue weighted by Crippen LogP contribution is -2.36. The van der Waals surface area contributed by atoms with E-state index in [1.54, 1.807) is 0 Å². The van der Waals surface area contributed by atoms with Crippen molar-refractivity contribution < 1.29 is 0 Å². The van der Waals surface area contributed by atoms with Crippen molar-refractivity contribution in [3.63, 3.8) is 0 Å². The Labute approximate surface area is 122 Å². The number of fused-ring (bicyclic) bond motifs is 1. The van der Waals surface area contributed by atoms with Gasteiger partial charge in [-0.05, 0) is 30.7 Å². The van der Waals surface area contributed by atoms with Gasteiger partial charge in [0, 0.05) is 17.6 Å². The molecule has 0 aliphatic carbocycles. The second-order valence-electron chi connectivity index (χ2n) is 4.87. The number of rotatable bonds is 2. The largest absolute Gasteiger partial charge is 0.382 e. The Bertz CT molecular complexity index is 568. The first-order valence-electron chi connectivity index (χ1n) is 6.61. The summed E-state index contributed by atoms with van der Waals surface area (Å²) in [6, 6.07) is 17.5. The third-order valence-electron chi connectivity index (χ3n) is 3.69. The number of anilines is 2. The maximum absolute atomic E-state index is 3.53. The van der Waals surface area contributed by atoms with Crippen LogP contribution in [0.3, 0.4) is 0 Å². The first-order chi connectivity index (χ1) is 9.25. The lowest BCUT2D eigenvalue weighted by atomic mass is 10.0. The Kier molecular flexibility index (Phi) is 3.47. The molecule has 98 valence electrons. The topological polar surface area (TPSA) is 15.3 Å². The highest BCUT2D eigenvalue weighted by Crippen LogP contribution is 2.36. The molecule has 2 aromatic rings. The average molecular weight is 317 g/mol. The van der Waals surface area contributed by atoms with E-state index in [0.29, 0.717) is 6.04 Å². The second kappa shape index (κ2) is 5.25. The van der Waals surface area contributed by atoms with E-state index in [4.69, 9.17) is 0 Å². The predicted octanol–water partition coefficient (Wildman–Crippen LogP) is 4.44. The van der Waals surface area contributed by atoms with E-state index in [-0.39, 0.29) is 0 Å². The van der Waals surface area contributed by atoms with Crippen molar-refractivity contribution in [2.24, 2.45) is 0 Å². The Balaban J connectivity index is 1.95. The normalized spacial score (nSPS) is 15.6. The minimum atomic E-state index is 0.392. The van der Waals surface area contributed by atoms with Crippen LogP contribution >= 0.6 is 15.9 Å². The fourth-order valence-electron chi connectivity index (χ4n) is 2.65. The minimum Gasteiger partial charge on any atom is -0.382 e. The van der Waals surface area contributed by atoms with Crippen molar-refractivity contribution in [1.82, 2.24) is 0 Å². The van der Waals surface area contributed by atoms with Crippen molar-refractivity contribution in [3.8, 4) is 0 Å². The smallest absolute Gasteiger partial charge is 0.0608 e. The van der Waals surface area contributed by atoms with Gasteiger partial charge in [0.15, 0.2) is 0 Å². The number of hydrogen-bond donors (Lipinski definition) is 1. The zero-order valence-corrected chi connectivity index (χ0v) is 12.5. The van der Waals surface area contributed by atoms with Gasteiger partial charge in [-0.3, -0.25) is 0 Å². The van der Waals surface area contributed by atoms with Crippen molar-refractivity contribution in [3.05, 3.63) is 58.6 Å². The number of hydrogen-bond acceptors (Lipinski definition) is 2. The number of benzene rings is 2. The van der Waals surface area contributed by atoms with Crippen molar-refractivity contribution in [2.75, 3.05) is 23.3 Å². The summed E-state index contributed by atoms with van der Waals surface area (Å²) in [6.07, 6.45) is 0. The van der Waals surface area contributed by atoms with Crippen molar-refractivity contribution in [1.29, 1.82) is 0 Å². The molecule has 1 atom stereocenters. The average Bonchev–Trinajstić information content (AvgIpc) is 2.46. The van der Waals surface area contributed by atoms with Crippen LogP contribution in [0.2, 0.25) is 0 Å². The van der Waals surface area contributed by atoms with Crippen LogP contribution in [0.4, 0.5) is 11.4 Å². The molecule has 3 heteroatoms. The van der Waals surface area contributed by atoms with Gasteiger partial charge in [0.2, 0.25) is 0 Å². The summed E-state index contributed by atoms with van der Waals surface area (Å²) in [5.74, 6) is 0. The Hall–Kier alpha value is -1.48. The van der Waals surface area contributed by atoms with E-state index in [1.165, 1.54) is 16.9 Å². The second-order valence-corrected chi connectivity index (χ2v) is 5.78. The van der Waals surface area contributed by atoms with E-state index in [1.807, 2.05) is 0 Å². The summed E-state index contributed by atoms with van der Waals surface area (Å²) in [5.41, 5.74) is 3.85. The summed E-state index contributed by atoms with van der Waals surface area (Å²) in [4.78, 5) is 2.47. The van der Waals surface area contributed by atoms with E-state index < -0.39 is 0 Å². The van der Waals surface area contributed by atoms with Gasteiger partial charge in [-0.2, -0.15) is 0 Å². The molecule has 1 heterocycles. The van der Waals surface area contributed by atoms with Crippen LogP contribution in [0.5, 0.6) is 0 Å². The number of nitrogens with one attached hydrogen (secondary N) is 1. The van der Waals surface area contributed by atoms with Gasteiger partial charge in [0.1, 0.15) is 0 Å². The van der Waals surface area contributed by atoms with Crippen LogP contribution in [0.1, 0.15) is 18.5 Å². The molecule has 19 heavy (non-hydrogen) atoms. The zero-order valence-electron chi connectivity index (χ0n) is 10.9. The maximum Gasteiger partial charge on any atom is 0.0608 e. The zero-order chi connectivity index (χ0) is 13.2. The molecule has 1 aliphatic heterocycles. The molecular weight excluding hydrogens is 300 g/mol. The third kappa shape index (κ3) is 2.47. The molecule has 0 bridgehead atoms. The van der Waals surface area contributed by atoms with Gasteiger partial charge in [0.05, 0.1) is 17.4 Å².